The second-order valence-electron chi connectivity index (χ2n) is 7.62. The molecule has 2 rings (SSSR count). The number of rotatable bonds is 4. The van der Waals surface area contributed by atoms with Crippen molar-refractivity contribution >= 4 is 12.1 Å². The summed E-state index contributed by atoms with van der Waals surface area (Å²) in [6, 6.07) is 10.0. The highest BCUT2D eigenvalue weighted by Gasteiger charge is 2.34. The van der Waals surface area contributed by atoms with Gasteiger partial charge in [0.25, 0.3) is 0 Å². The molecule has 1 fully saturated rings. The maximum absolute atomic E-state index is 12.7. The third-order valence-corrected chi connectivity index (χ3v) is 4.50. The Morgan fingerprint density at radius 3 is 2.20 bits per heavy atom. The summed E-state index contributed by atoms with van der Waals surface area (Å²) in [5.74, 6) is -0.205. The maximum atomic E-state index is 12.7. The van der Waals surface area contributed by atoms with Crippen LogP contribution in [0.4, 0.5) is 4.79 Å². The zero-order valence-corrected chi connectivity index (χ0v) is 15.7. The Balaban J connectivity index is 2.09. The van der Waals surface area contributed by atoms with Crippen LogP contribution in [0.2, 0.25) is 0 Å². The van der Waals surface area contributed by atoms with Crippen molar-refractivity contribution in [2.45, 2.75) is 64.6 Å². The highest BCUT2D eigenvalue weighted by atomic mass is 16.6. The van der Waals surface area contributed by atoms with Gasteiger partial charge in [-0.3, -0.25) is 4.79 Å². The van der Waals surface area contributed by atoms with Crippen molar-refractivity contribution in [3.63, 3.8) is 0 Å². The van der Waals surface area contributed by atoms with Crippen LogP contribution in [0.15, 0.2) is 30.3 Å². The number of hydrogen-bond acceptors (Lipinski definition) is 4. The van der Waals surface area contributed by atoms with E-state index in [9.17, 15) is 9.59 Å². The van der Waals surface area contributed by atoms with E-state index in [1.807, 2.05) is 56.0 Å². The summed E-state index contributed by atoms with van der Waals surface area (Å²) in [6.07, 6.45) is 2.76. The minimum Gasteiger partial charge on any atom is -0.469 e. The molecule has 0 bridgehead atoms. The summed E-state index contributed by atoms with van der Waals surface area (Å²) in [6.45, 7) is 6.14. The first-order chi connectivity index (χ1) is 11.8. The van der Waals surface area contributed by atoms with Gasteiger partial charge in [0.1, 0.15) is 5.60 Å². The average Bonchev–Trinajstić information content (AvgIpc) is 2.58. The van der Waals surface area contributed by atoms with Crippen molar-refractivity contribution in [2.24, 2.45) is 5.92 Å². The van der Waals surface area contributed by atoms with Crippen LogP contribution in [0, 0.1) is 5.92 Å². The lowest BCUT2D eigenvalue weighted by Gasteiger charge is -2.37. The van der Waals surface area contributed by atoms with Gasteiger partial charge in [0.15, 0.2) is 0 Å². The first-order valence-corrected chi connectivity index (χ1v) is 8.91. The molecule has 1 saturated carbocycles. The topological polar surface area (TPSA) is 55.8 Å². The summed E-state index contributed by atoms with van der Waals surface area (Å²) in [7, 11) is 1.43. The smallest absolute Gasteiger partial charge is 0.410 e. The molecule has 25 heavy (non-hydrogen) atoms. The number of amides is 1. The molecular weight excluding hydrogens is 318 g/mol. The van der Waals surface area contributed by atoms with Gasteiger partial charge >= 0.3 is 12.1 Å². The Bertz CT molecular complexity index is 571. The Labute approximate surface area is 150 Å². The minimum absolute atomic E-state index is 0.0570. The molecule has 1 aromatic rings. The van der Waals surface area contributed by atoms with E-state index in [0.29, 0.717) is 6.54 Å². The van der Waals surface area contributed by atoms with E-state index < -0.39 is 5.60 Å². The molecule has 0 atom stereocenters. The standard InChI is InChI=1S/C20H29NO4/c1-20(2,3)25-19(23)21(14-15-8-6-5-7-9-15)17-12-10-16(11-13-17)18(22)24-4/h5-9,16-17H,10-14H2,1-4H3. The fourth-order valence-electron chi connectivity index (χ4n) is 3.23. The molecule has 0 N–H and O–H groups in total. The summed E-state index contributed by atoms with van der Waals surface area (Å²) >= 11 is 0. The molecule has 1 amide bonds. The van der Waals surface area contributed by atoms with E-state index in [1.54, 1.807) is 0 Å². The number of benzene rings is 1. The predicted molar refractivity (Wildman–Crippen MR) is 96.0 cm³/mol. The number of hydrogen-bond donors (Lipinski definition) is 0. The van der Waals surface area contributed by atoms with E-state index in [4.69, 9.17) is 9.47 Å². The Morgan fingerprint density at radius 1 is 1.08 bits per heavy atom. The SMILES string of the molecule is COC(=O)C1CCC(N(Cc2ccccc2)C(=O)OC(C)(C)C)CC1. The largest absolute Gasteiger partial charge is 0.469 e. The van der Waals surface area contributed by atoms with Crippen molar-refractivity contribution in [1.29, 1.82) is 0 Å². The van der Waals surface area contributed by atoms with Gasteiger partial charge in [0.2, 0.25) is 0 Å². The van der Waals surface area contributed by atoms with Gasteiger partial charge in [0.05, 0.1) is 13.0 Å². The zero-order valence-electron chi connectivity index (χ0n) is 15.7. The Kier molecular flexibility index (Phi) is 6.45. The molecular formula is C20H29NO4. The Morgan fingerprint density at radius 2 is 1.68 bits per heavy atom. The first kappa shape index (κ1) is 19.3. The van der Waals surface area contributed by atoms with Crippen molar-refractivity contribution < 1.29 is 19.1 Å². The molecule has 1 aromatic carbocycles. The van der Waals surface area contributed by atoms with E-state index in [-0.39, 0.29) is 24.0 Å². The van der Waals surface area contributed by atoms with Crippen LogP contribution < -0.4 is 0 Å². The second kappa shape index (κ2) is 8.37. The van der Waals surface area contributed by atoms with Crippen LogP contribution in [0.1, 0.15) is 52.0 Å². The number of nitrogens with zero attached hydrogens (tertiary/aromatic N) is 1. The van der Waals surface area contributed by atoms with E-state index >= 15 is 0 Å². The quantitative estimate of drug-likeness (QED) is 0.768. The average molecular weight is 347 g/mol. The molecule has 1 aliphatic carbocycles. The molecule has 0 radical (unpaired) electrons. The van der Waals surface area contributed by atoms with Gasteiger partial charge in [-0.05, 0) is 52.0 Å². The number of ether oxygens (including phenoxy) is 2. The number of carbonyl (C=O) groups excluding carboxylic acids is 2. The van der Waals surface area contributed by atoms with Crippen molar-refractivity contribution in [1.82, 2.24) is 4.90 Å². The van der Waals surface area contributed by atoms with E-state index in [1.165, 1.54) is 7.11 Å². The number of esters is 1. The second-order valence-corrected chi connectivity index (χ2v) is 7.62. The van der Waals surface area contributed by atoms with Crippen LogP contribution in [0.25, 0.3) is 0 Å². The van der Waals surface area contributed by atoms with Crippen LogP contribution >= 0.6 is 0 Å². The van der Waals surface area contributed by atoms with Gasteiger partial charge < -0.3 is 14.4 Å². The van der Waals surface area contributed by atoms with Crippen LogP contribution in [0.3, 0.4) is 0 Å². The molecule has 0 unspecified atom stereocenters. The fraction of sp³-hybridized carbons (Fsp3) is 0.600. The summed E-state index contributed by atoms with van der Waals surface area (Å²) in [5.41, 5.74) is 0.540. The monoisotopic (exact) mass is 347 g/mol. The zero-order chi connectivity index (χ0) is 18.4. The lowest BCUT2D eigenvalue weighted by molar-refractivity contribution is -0.146. The van der Waals surface area contributed by atoms with Crippen molar-refractivity contribution in [2.75, 3.05) is 7.11 Å². The van der Waals surface area contributed by atoms with Gasteiger partial charge in [-0.1, -0.05) is 30.3 Å². The Hall–Kier alpha value is -2.04. The first-order valence-electron chi connectivity index (χ1n) is 8.91. The molecule has 5 nitrogen and oxygen atoms in total. The molecule has 5 heteroatoms. The third-order valence-electron chi connectivity index (χ3n) is 4.50. The minimum atomic E-state index is -0.533. The number of carbonyl (C=O) groups is 2. The normalized spacial score (nSPS) is 20.6. The molecule has 0 aromatic heterocycles. The molecule has 0 saturated heterocycles. The maximum Gasteiger partial charge on any atom is 0.410 e. The summed E-state index contributed by atoms with van der Waals surface area (Å²) < 4.78 is 10.5. The van der Waals surface area contributed by atoms with E-state index in [2.05, 4.69) is 0 Å². The summed E-state index contributed by atoms with van der Waals surface area (Å²) in [5, 5.41) is 0. The van der Waals surface area contributed by atoms with E-state index in [0.717, 1.165) is 31.2 Å². The lowest BCUT2D eigenvalue weighted by atomic mass is 9.85. The molecule has 1 aliphatic rings. The van der Waals surface area contributed by atoms with Gasteiger partial charge in [-0.15, -0.1) is 0 Å². The van der Waals surface area contributed by atoms with Crippen LogP contribution in [-0.4, -0.2) is 35.7 Å². The fourth-order valence-corrected chi connectivity index (χ4v) is 3.23. The molecule has 0 spiro atoms. The van der Waals surface area contributed by atoms with Crippen LogP contribution in [-0.2, 0) is 20.8 Å². The number of methoxy groups -OCH3 is 1. The molecule has 138 valence electrons. The molecule has 0 aliphatic heterocycles. The van der Waals surface area contributed by atoms with Crippen molar-refractivity contribution in [3.8, 4) is 0 Å². The van der Waals surface area contributed by atoms with Crippen LogP contribution in [0.5, 0.6) is 0 Å². The van der Waals surface area contributed by atoms with Gasteiger partial charge in [-0.2, -0.15) is 0 Å². The van der Waals surface area contributed by atoms with Gasteiger partial charge in [-0.25, -0.2) is 4.79 Å². The van der Waals surface area contributed by atoms with Gasteiger partial charge in [0, 0.05) is 12.6 Å². The summed E-state index contributed by atoms with van der Waals surface area (Å²) in [4.78, 5) is 26.3. The molecule has 0 heterocycles. The third kappa shape index (κ3) is 5.76. The highest BCUT2D eigenvalue weighted by molar-refractivity contribution is 5.72. The highest BCUT2D eigenvalue weighted by Crippen LogP contribution is 2.30. The predicted octanol–water partition coefficient (Wildman–Crippen LogP) is 4.16. The van der Waals surface area contributed by atoms with Crippen molar-refractivity contribution in [3.05, 3.63) is 35.9 Å². The lowest BCUT2D eigenvalue weighted by Crippen LogP contribution is -2.45.